The van der Waals surface area contributed by atoms with Crippen LogP contribution in [0.25, 0.3) is 0 Å². The molecule has 1 aromatic rings. The Hall–Kier alpha value is -1.13. The molecule has 1 unspecified atom stereocenters. The number of hydrogen-bond donors (Lipinski definition) is 0. The molecule has 0 amide bonds. The van der Waals surface area contributed by atoms with Crippen LogP contribution in [0.15, 0.2) is 18.3 Å². The van der Waals surface area contributed by atoms with Crippen LogP contribution < -0.4 is 0 Å². The van der Waals surface area contributed by atoms with Gasteiger partial charge in [-0.1, -0.05) is 17.7 Å². The van der Waals surface area contributed by atoms with Crippen LogP contribution in [0.5, 0.6) is 0 Å². The molecule has 0 saturated heterocycles. The van der Waals surface area contributed by atoms with Gasteiger partial charge in [-0.05, 0) is 18.6 Å². The summed E-state index contributed by atoms with van der Waals surface area (Å²) in [6, 6.07) is 3.47. The molecular formula is C11H14ClNO3. The third-order valence-electron chi connectivity index (χ3n) is 2.40. The number of carbonyl (C=O) groups is 1. The summed E-state index contributed by atoms with van der Waals surface area (Å²) >= 11 is 5.67. The molecule has 4 nitrogen and oxygen atoms in total. The first-order chi connectivity index (χ1) is 7.51. The van der Waals surface area contributed by atoms with E-state index in [0.29, 0.717) is 11.6 Å². The normalized spacial score (nSPS) is 14.2. The van der Waals surface area contributed by atoms with Gasteiger partial charge >= 0.3 is 5.97 Å². The van der Waals surface area contributed by atoms with Crippen molar-refractivity contribution in [2.45, 2.75) is 18.9 Å². The molecule has 5 heteroatoms. The summed E-state index contributed by atoms with van der Waals surface area (Å²) < 4.78 is 9.88. The lowest BCUT2D eigenvalue weighted by molar-refractivity contribution is -0.163. The van der Waals surface area contributed by atoms with E-state index in [4.69, 9.17) is 21.1 Å². The molecule has 1 atom stereocenters. The number of halogens is 1. The second-order valence-electron chi connectivity index (χ2n) is 3.59. The van der Waals surface area contributed by atoms with Crippen molar-refractivity contribution in [2.24, 2.45) is 0 Å². The highest BCUT2D eigenvalue weighted by molar-refractivity contribution is 6.29. The standard InChI is InChI=1S/C11H14ClNO3/c1-11(16-3,10(14)15-2)6-8-4-5-9(12)13-7-8/h4-5,7H,6H2,1-3H3. The van der Waals surface area contributed by atoms with E-state index in [2.05, 4.69) is 4.98 Å². The van der Waals surface area contributed by atoms with Gasteiger partial charge in [-0.25, -0.2) is 9.78 Å². The summed E-state index contributed by atoms with van der Waals surface area (Å²) in [5, 5.41) is 0.418. The van der Waals surface area contributed by atoms with Crippen molar-refractivity contribution in [1.82, 2.24) is 4.98 Å². The van der Waals surface area contributed by atoms with Gasteiger partial charge in [0.25, 0.3) is 0 Å². The van der Waals surface area contributed by atoms with E-state index in [0.717, 1.165) is 5.56 Å². The first kappa shape index (κ1) is 12.9. The summed E-state index contributed by atoms with van der Waals surface area (Å²) in [5.74, 6) is -0.412. The topological polar surface area (TPSA) is 48.4 Å². The van der Waals surface area contributed by atoms with Crippen molar-refractivity contribution < 1.29 is 14.3 Å². The number of carbonyl (C=O) groups excluding carboxylic acids is 1. The first-order valence-electron chi connectivity index (χ1n) is 4.76. The largest absolute Gasteiger partial charge is 0.467 e. The number of aromatic nitrogens is 1. The van der Waals surface area contributed by atoms with E-state index in [1.165, 1.54) is 14.2 Å². The van der Waals surface area contributed by atoms with Gasteiger partial charge in [-0.15, -0.1) is 0 Å². The minimum Gasteiger partial charge on any atom is -0.467 e. The fraction of sp³-hybridized carbons (Fsp3) is 0.455. The molecule has 1 rings (SSSR count). The van der Waals surface area contributed by atoms with E-state index in [1.807, 2.05) is 0 Å². The highest BCUT2D eigenvalue weighted by Gasteiger charge is 2.34. The van der Waals surface area contributed by atoms with E-state index >= 15 is 0 Å². The van der Waals surface area contributed by atoms with Crippen LogP contribution in [-0.4, -0.2) is 30.8 Å². The van der Waals surface area contributed by atoms with Gasteiger partial charge in [0, 0.05) is 19.7 Å². The van der Waals surface area contributed by atoms with Crippen LogP contribution in [0, 0.1) is 0 Å². The Morgan fingerprint density at radius 3 is 2.62 bits per heavy atom. The molecule has 16 heavy (non-hydrogen) atoms. The average molecular weight is 244 g/mol. The lowest BCUT2D eigenvalue weighted by Gasteiger charge is -2.24. The van der Waals surface area contributed by atoms with E-state index in [9.17, 15) is 4.79 Å². The Morgan fingerprint density at radius 2 is 2.19 bits per heavy atom. The van der Waals surface area contributed by atoms with Crippen molar-refractivity contribution in [1.29, 1.82) is 0 Å². The summed E-state index contributed by atoms with van der Waals surface area (Å²) in [4.78, 5) is 15.5. The lowest BCUT2D eigenvalue weighted by atomic mass is 9.97. The summed E-state index contributed by atoms with van der Waals surface area (Å²) in [5.41, 5.74) is -0.135. The maximum atomic E-state index is 11.5. The van der Waals surface area contributed by atoms with Gasteiger partial charge in [0.2, 0.25) is 0 Å². The smallest absolute Gasteiger partial charge is 0.338 e. The molecule has 0 N–H and O–H groups in total. The second-order valence-corrected chi connectivity index (χ2v) is 3.98. The molecule has 0 aliphatic rings. The Labute approximate surface area is 99.5 Å². The van der Waals surface area contributed by atoms with Crippen LogP contribution in [-0.2, 0) is 20.7 Å². The number of hydrogen-bond acceptors (Lipinski definition) is 4. The van der Waals surface area contributed by atoms with Crippen molar-refractivity contribution in [2.75, 3.05) is 14.2 Å². The number of esters is 1. The molecular weight excluding hydrogens is 230 g/mol. The van der Waals surface area contributed by atoms with E-state index in [1.54, 1.807) is 25.3 Å². The highest BCUT2D eigenvalue weighted by atomic mass is 35.5. The Balaban J connectivity index is 2.84. The third-order valence-corrected chi connectivity index (χ3v) is 2.62. The molecule has 0 bridgehead atoms. The molecule has 0 aromatic carbocycles. The summed E-state index contributed by atoms with van der Waals surface area (Å²) in [7, 11) is 2.81. The van der Waals surface area contributed by atoms with Gasteiger partial charge < -0.3 is 9.47 Å². The zero-order valence-corrected chi connectivity index (χ0v) is 10.2. The van der Waals surface area contributed by atoms with Crippen LogP contribution in [0.4, 0.5) is 0 Å². The van der Waals surface area contributed by atoms with Crippen LogP contribution in [0.1, 0.15) is 12.5 Å². The minimum absolute atomic E-state index is 0.389. The molecule has 1 aromatic heterocycles. The Morgan fingerprint density at radius 1 is 1.50 bits per heavy atom. The molecule has 0 fully saturated rings. The number of rotatable bonds is 4. The molecule has 0 aliphatic heterocycles. The zero-order chi connectivity index (χ0) is 12.2. The van der Waals surface area contributed by atoms with Crippen LogP contribution in [0.2, 0.25) is 5.15 Å². The summed E-state index contributed by atoms with van der Waals surface area (Å²) in [6.45, 7) is 1.67. The van der Waals surface area contributed by atoms with Crippen LogP contribution >= 0.6 is 11.6 Å². The van der Waals surface area contributed by atoms with Gasteiger partial charge in [0.1, 0.15) is 5.15 Å². The molecule has 1 heterocycles. The monoisotopic (exact) mass is 243 g/mol. The van der Waals surface area contributed by atoms with Crippen molar-refractivity contribution >= 4 is 17.6 Å². The zero-order valence-electron chi connectivity index (χ0n) is 9.49. The Kier molecular flexibility index (Phi) is 4.26. The highest BCUT2D eigenvalue weighted by Crippen LogP contribution is 2.19. The van der Waals surface area contributed by atoms with E-state index in [-0.39, 0.29) is 0 Å². The number of pyridine rings is 1. The van der Waals surface area contributed by atoms with Crippen molar-refractivity contribution in [3.05, 3.63) is 29.0 Å². The summed E-state index contributed by atoms with van der Waals surface area (Å²) in [6.07, 6.45) is 2.00. The van der Waals surface area contributed by atoms with Gasteiger partial charge in [0.15, 0.2) is 5.60 Å². The van der Waals surface area contributed by atoms with E-state index < -0.39 is 11.6 Å². The average Bonchev–Trinajstić information content (AvgIpc) is 2.31. The maximum absolute atomic E-state index is 11.5. The maximum Gasteiger partial charge on any atom is 0.338 e. The number of nitrogens with zero attached hydrogens (tertiary/aromatic N) is 1. The predicted molar refractivity (Wildman–Crippen MR) is 60.4 cm³/mol. The van der Waals surface area contributed by atoms with Crippen LogP contribution in [0.3, 0.4) is 0 Å². The molecule has 0 spiro atoms. The predicted octanol–water partition coefficient (Wildman–Crippen LogP) is 1.86. The quantitative estimate of drug-likeness (QED) is 0.598. The van der Waals surface area contributed by atoms with Crippen molar-refractivity contribution in [3.8, 4) is 0 Å². The lowest BCUT2D eigenvalue weighted by Crippen LogP contribution is -2.40. The SMILES string of the molecule is COC(=O)C(C)(Cc1ccc(Cl)nc1)OC. The first-order valence-corrected chi connectivity index (χ1v) is 5.13. The molecule has 0 radical (unpaired) electrons. The Bertz CT molecular complexity index is 366. The fourth-order valence-electron chi connectivity index (χ4n) is 1.34. The van der Waals surface area contributed by atoms with Crippen molar-refractivity contribution in [3.63, 3.8) is 0 Å². The minimum atomic E-state index is -0.996. The second kappa shape index (κ2) is 5.27. The van der Waals surface area contributed by atoms with Gasteiger partial charge in [0.05, 0.1) is 7.11 Å². The fourth-order valence-corrected chi connectivity index (χ4v) is 1.46. The molecule has 0 aliphatic carbocycles. The molecule has 0 saturated carbocycles. The molecule has 88 valence electrons. The number of ether oxygens (including phenoxy) is 2. The van der Waals surface area contributed by atoms with Gasteiger partial charge in [-0.2, -0.15) is 0 Å². The van der Waals surface area contributed by atoms with Gasteiger partial charge in [-0.3, -0.25) is 0 Å². The third kappa shape index (κ3) is 2.93. The number of methoxy groups -OCH3 is 2.